The summed E-state index contributed by atoms with van der Waals surface area (Å²) in [5, 5.41) is 5.93. The Labute approximate surface area is 284 Å². The first-order valence-electron chi connectivity index (χ1n) is 15.0. The summed E-state index contributed by atoms with van der Waals surface area (Å²) >= 11 is 6.18. The summed E-state index contributed by atoms with van der Waals surface area (Å²) in [6, 6.07) is 13.2. The summed E-state index contributed by atoms with van der Waals surface area (Å²) in [7, 11) is -3.13. The number of nitrogens with zero attached hydrogens (tertiary/aromatic N) is 5. The van der Waals surface area contributed by atoms with E-state index in [1.54, 1.807) is 20.0 Å². The van der Waals surface area contributed by atoms with Crippen LogP contribution in [-0.4, -0.2) is 63.8 Å². The third-order valence-corrected chi connectivity index (χ3v) is 8.34. The molecule has 1 aliphatic heterocycles. The fraction of sp³-hybridized carbons (Fsp3) is 0.235. The topological polar surface area (TPSA) is 167 Å². The third kappa shape index (κ3) is 9.09. The Morgan fingerprint density at radius 1 is 1.04 bits per heavy atom. The van der Waals surface area contributed by atoms with E-state index in [1.165, 1.54) is 29.2 Å². The first-order chi connectivity index (χ1) is 22.8. The molecule has 0 spiro atoms. The van der Waals surface area contributed by atoms with Crippen LogP contribution in [0.15, 0.2) is 105 Å². The molecular formula is C34H36ClN7O5S. The first kappa shape index (κ1) is 35.9. The molecular weight excluding hydrogens is 654 g/mol. The van der Waals surface area contributed by atoms with Crippen LogP contribution in [0.1, 0.15) is 40.5 Å². The maximum absolute atomic E-state index is 14.1. The summed E-state index contributed by atoms with van der Waals surface area (Å²) in [4.78, 5) is 44.7. The lowest BCUT2D eigenvalue weighted by atomic mass is 9.89. The van der Waals surface area contributed by atoms with Crippen molar-refractivity contribution in [3.05, 3.63) is 100 Å². The number of para-hydroxylation sites is 1. The Balaban J connectivity index is 1.87. The number of rotatable bonds is 12. The number of anilines is 4. The number of amides is 1. The van der Waals surface area contributed by atoms with Gasteiger partial charge in [0.15, 0.2) is 5.78 Å². The van der Waals surface area contributed by atoms with Crippen molar-refractivity contribution in [1.82, 2.24) is 19.9 Å². The minimum atomic E-state index is -4.75. The Hall–Kier alpha value is -4.98. The standard InChI is InChI=1S/C34H36ClN7O5S/c1-6-11-21(3)22(4)31(44)30(23-15-18-29(43)42(5)20-23)26(12-7-2)38-27-19-25(16-17-28(27)48(45,46)47)37-34-40-32(35)39-33(41-34)36-24-13-9-8-10-14-24/h6,8-11,13-19H,7,12,20H2,1-5H3,(H,45,46,47)(H2,36,37,39,40,41)/b11-6?,22-21+,30-23+,38-26?. The number of ketones is 1. The Morgan fingerprint density at radius 2 is 1.71 bits per heavy atom. The van der Waals surface area contributed by atoms with Gasteiger partial charge >= 0.3 is 0 Å². The highest BCUT2D eigenvalue weighted by Gasteiger charge is 2.26. The Bertz CT molecular complexity index is 1990. The van der Waals surface area contributed by atoms with Crippen LogP contribution in [0.3, 0.4) is 0 Å². The molecule has 0 aliphatic carbocycles. The molecule has 3 aromatic rings. The third-order valence-electron chi connectivity index (χ3n) is 7.27. The van der Waals surface area contributed by atoms with Gasteiger partial charge in [-0.25, -0.2) is 0 Å². The van der Waals surface area contributed by atoms with Crippen molar-refractivity contribution in [2.75, 3.05) is 24.2 Å². The minimum Gasteiger partial charge on any atom is -0.338 e. The number of allylic oxidation sites excluding steroid dienone is 5. The van der Waals surface area contributed by atoms with Gasteiger partial charge in [0.1, 0.15) is 4.90 Å². The van der Waals surface area contributed by atoms with Crippen LogP contribution >= 0.6 is 11.6 Å². The molecule has 0 unspecified atom stereocenters. The molecule has 12 nitrogen and oxygen atoms in total. The summed E-state index contributed by atoms with van der Waals surface area (Å²) in [6.45, 7) is 7.41. The molecule has 2 heterocycles. The molecule has 0 saturated carbocycles. The zero-order chi connectivity index (χ0) is 35.0. The number of aliphatic imine (C=N–C) groups is 1. The maximum Gasteiger partial charge on any atom is 0.296 e. The van der Waals surface area contributed by atoms with E-state index in [0.29, 0.717) is 23.3 Å². The van der Waals surface area contributed by atoms with Crippen molar-refractivity contribution in [2.45, 2.75) is 45.4 Å². The number of likely N-dealkylation sites (N-methyl/N-ethyl adjacent to an activating group) is 1. The molecule has 48 heavy (non-hydrogen) atoms. The summed E-state index contributed by atoms with van der Waals surface area (Å²) in [6.07, 6.45) is 7.45. The molecule has 0 atom stereocenters. The lowest BCUT2D eigenvalue weighted by Crippen LogP contribution is -2.32. The molecule has 0 bridgehead atoms. The normalized spacial score (nSPS) is 15.4. The zero-order valence-electron chi connectivity index (χ0n) is 27.2. The Morgan fingerprint density at radius 3 is 2.31 bits per heavy atom. The van der Waals surface area contributed by atoms with Crippen molar-refractivity contribution in [3.63, 3.8) is 0 Å². The number of hydrogen-bond acceptors (Lipinski definition) is 10. The van der Waals surface area contributed by atoms with Gasteiger partial charge in [0, 0.05) is 36.6 Å². The number of hydrogen-bond donors (Lipinski definition) is 3. The first-order valence-corrected chi connectivity index (χ1v) is 16.8. The molecule has 0 fully saturated rings. The van der Waals surface area contributed by atoms with Gasteiger partial charge in [-0.15, -0.1) is 0 Å². The number of carbonyl (C=O) groups excluding carboxylic acids is 2. The highest BCUT2D eigenvalue weighted by atomic mass is 35.5. The number of halogens is 1. The van der Waals surface area contributed by atoms with Gasteiger partial charge in [-0.2, -0.15) is 23.4 Å². The van der Waals surface area contributed by atoms with Crippen LogP contribution in [0, 0.1) is 0 Å². The minimum absolute atomic E-state index is 0.0509. The van der Waals surface area contributed by atoms with Gasteiger partial charge in [-0.05, 0) is 85.8 Å². The lowest BCUT2D eigenvalue weighted by molar-refractivity contribution is -0.124. The highest BCUT2D eigenvalue weighted by Crippen LogP contribution is 2.32. The van der Waals surface area contributed by atoms with Gasteiger partial charge in [0.25, 0.3) is 10.1 Å². The lowest BCUT2D eigenvalue weighted by Gasteiger charge is -2.24. The van der Waals surface area contributed by atoms with Crippen LogP contribution in [-0.2, 0) is 19.7 Å². The van der Waals surface area contributed by atoms with Crippen LogP contribution in [0.5, 0.6) is 0 Å². The molecule has 1 aliphatic rings. The van der Waals surface area contributed by atoms with Crippen LogP contribution in [0.2, 0.25) is 5.28 Å². The largest absolute Gasteiger partial charge is 0.338 e. The summed E-state index contributed by atoms with van der Waals surface area (Å²) in [5.74, 6) is -0.321. The average Bonchev–Trinajstić information content (AvgIpc) is 3.02. The number of nitrogens with one attached hydrogen (secondary N) is 2. The van der Waals surface area contributed by atoms with E-state index < -0.39 is 15.0 Å². The number of aromatic nitrogens is 3. The summed E-state index contributed by atoms with van der Waals surface area (Å²) < 4.78 is 35.2. The second-order valence-electron chi connectivity index (χ2n) is 10.9. The van der Waals surface area contributed by atoms with Crippen LogP contribution in [0.25, 0.3) is 0 Å². The fourth-order valence-corrected chi connectivity index (χ4v) is 5.58. The van der Waals surface area contributed by atoms with Crippen LogP contribution in [0.4, 0.5) is 29.0 Å². The zero-order valence-corrected chi connectivity index (χ0v) is 28.7. The summed E-state index contributed by atoms with van der Waals surface area (Å²) in [5.41, 5.74) is 3.18. The fourth-order valence-electron chi connectivity index (χ4n) is 4.81. The molecule has 2 aromatic carbocycles. The highest BCUT2D eigenvalue weighted by molar-refractivity contribution is 7.86. The van der Waals surface area contributed by atoms with Gasteiger partial charge in [-0.1, -0.05) is 49.8 Å². The predicted molar refractivity (Wildman–Crippen MR) is 188 cm³/mol. The smallest absolute Gasteiger partial charge is 0.296 e. The van der Waals surface area contributed by atoms with Gasteiger partial charge in [0.05, 0.1) is 11.4 Å². The Kier molecular flexibility index (Phi) is 11.8. The maximum atomic E-state index is 14.1. The van der Waals surface area contributed by atoms with Crippen molar-refractivity contribution >= 4 is 68.1 Å². The molecule has 14 heteroatoms. The molecule has 4 rings (SSSR count). The molecule has 0 radical (unpaired) electrons. The average molecular weight is 690 g/mol. The van der Waals surface area contributed by atoms with E-state index in [2.05, 4.69) is 25.6 Å². The van der Waals surface area contributed by atoms with E-state index in [0.717, 1.165) is 11.3 Å². The monoisotopic (exact) mass is 689 g/mol. The van der Waals surface area contributed by atoms with Gasteiger partial charge in [0.2, 0.25) is 23.1 Å². The van der Waals surface area contributed by atoms with Gasteiger partial charge < -0.3 is 15.5 Å². The number of Topliss-reactive ketones (excluding diaryl/α,β-unsaturated/α-hetero) is 1. The van der Waals surface area contributed by atoms with Gasteiger partial charge in [-0.3, -0.25) is 19.1 Å². The van der Waals surface area contributed by atoms with Crippen molar-refractivity contribution in [1.29, 1.82) is 0 Å². The molecule has 0 saturated heterocycles. The second kappa shape index (κ2) is 15.7. The van der Waals surface area contributed by atoms with E-state index in [4.69, 9.17) is 16.6 Å². The molecule has 1 amide bonds. The van der Waals surface area contributed by atoms with Crippen molar-refractivity contribution in [2.24, 2.45) is 4.99 Å². The molecule has 250 valence electrons. The quantitative estimate of drug-likeness (QED) is 0.0784. The van der Waals surface area contributed by atoms with Crippen molar-refractivity contribution in [3.8, 4) is 0 Å². The second-order valence-corrected chi connectivity index (χ2v) is 12.6. The van der Waals surface area contributed by atoms with Crippen LogP contribution < -0.4 is 10.6 Å². The van der Waals surface area contributed by atoms with Crippen molar-refractivity contribution < 1.29 is 22.6 Å². The molecule has 3 N–H and O–H groups in total. The van der Waals surface area contributed by atoms with E-state index in [-0.39, 0.29) is 58.8 Å². The SMILES string of the molecule is CC=C/C(C)=C(\C)C(=O)/C(C(CCC)=Nc1cc(Nc2nc(Cl)nc(Nc3ccccc3)n2)ccc1S(=O)(=O)O)=C1\C=CC(=O)N(C)C1. The predicted octanol–water partition coefficient (Wildman–Crippen LogP) is 6.94. The molecule has 1 aromatic heterocycles. The van der Waals surface area contributed by atoms with E-state index in [9.17, 15) is 22.6 Å². The van der Waals surface area contributed by atoms with E-state index in [1.807, 2.05) is 63.3 Å². The number of benzene rings is 2. The van der Waals surface area contributed by atoms with E-state index >= 15 is 0 Å². The number of carbonyl (C=O) groups is 2.